The number of para-hydroxylation sites is 1. The molecule has 0 unspecified atom stereocenters. The van der Waals surface area contributed by atoms with E-state index < -0.39 is 5.92 Å². The van der Waals surface area contributed by atoms with Crippen LogP contribution >= 0.6 is 0 Å². The van der Waals surface area contributed by atoms with Gasteiger partial charge in [0, 0.05) is 23.5 Å². The normalized spacial score (nSPS) is 22.5. The highest BCUT2D eigenvalue weighted by atomic mass is 16.5. The molecule has 2 amide bonds. The van der Waals surface area contributed by atoms with Crippen LogP contribution in [0.4, 0.5) is 17.1 Å². The van der Waals surface area contributed by atoms with Crippen LogP contribution in [0.2, 0.25) is 0 Å². The monoisotopic (exact) mass is 629 g/mol. The molecule has 2 aromatic heterocycles. The minimum Gasteiger partial charge on any atom is -0.459 e. The maximum absolute atomic E-state index is 14.1. The highest BCUT2D eigenvalue weighted by molar-refractivity contribution is 6.22. The standard InChI is InChI=1S/C39H39N3O5/c1-2-8-26-22-32-37(39(45)42(38(32)44)29-15-13-28(14-16-29)41-27-9-4-3-5-10-27)33-24-46-35(36(26)33)19-12-25(34-11-6-7-20-40-34)21-30-17-18-31(23-43)47-30/h3-7,9-11,13-18,20-21,32-33,35,37,41,43H,2,8,12,19,22-24H2,1H3/b25-21-/t32-,33+,35-,37-/m1/s1. The second-order valence-electron chi connectivity index (χ2n) is 12.5. The second kappa shape index (κ2) is 13.5. The predicted molar refractivity (Wildman–Crippen MR) is 181 cm³/mol. The molecule has 0 bridgehead atoms. The molecule has 4 heterocycles. The smallest absolute Gasteiger partial charge is 0.238 e. The SMILES string of the molecule is CCCC1=C2[C@@H](CC/C(=C/c3ccc(CO)o3)c3ccccn3)OC[C@@H]2[C@@H]2C(=O)N(c3ccc(Nc4ccccc4)cc3)C(=O)[C@@H]2C1. The molecule has 2 aromatic carbocycles. The van der Waals surface area contributed by atoms with Crippen molar-refractivity contribution < 1.29 is 23.8 Å². The lowest BCUT2D eigenvalue weighted by Gasteiger charge is -2.32. The first kappa shape index (κ1) is 30.8. The number of fused-ring (bicyclic) bond motifs is 3. The van der Waals surface area contributed by atoms with E-state index in [1.165, 1.54) is 16.0 Å². The molecular weight excluding hydrogens is 590 g/mol. The molecule has 4 atom stereocenters. The fourth-order valence-corrected chi connectivity index (χ4v) is 7.49. The van der Waals surface area contributed by atoms with Gasteiger partial charge in [-0.25, -0.2) is 0 Å². The number of nitrogens with one attached hydrogen (secondary N) is 1. The Balaban J connectivity index is 1.11. The van der Waals surface area contributed by atoms with E-state index in [0.717, 1.165) is 35.5 Å². The van der Waals surface area contributed by atoms with Gasteiger partial charge in [0.05, 0.1) is 35.9 Å². The van der Waals surface area contributed by atoms with Gasteiger partial charge in [0.1, 0.15) is 18.1 Å². The van der Waals surface area contributed by atoms with Gasteiger partial charge in [0.2, 0.25) is 11.8 Å². The number of hydrogen-bond acceptors (Lipinski definition) is 7. The highest BCUT2D eigenvalue weighted by Crippen LogP contribution is 2.51. The molecule has 7 rings (SSSR count). The average Bonchev–Trinajstić information content (AvgIpc) is 3.81. The van der Waals surface area contributed by atoms with E-state index in [1.807, 2.05) is 84.9 Å². The molecule has 2 fully saturated rings. The van der Waals surface area contributed by atoms with E-state index in [2.05, 4.69) is 17.2 Å². The van der Waals surface area contributed by atoms with E-state index >= 15 is 0 Å². The topological polar surface area (TPSA) is 105 Å². The van der Waals surface area contributed by atoms with Crippen LogP contribution < -0.4 is 10.2 Å². The first-order chi connectivity index (χ1) is 23.0. The Bertz CT molecular complexity index is 1800. The fraction of sp³-hybridized carbons (Fsp3) is 0.308. The number of furan rings is 1. The Hall–Kier alpha value is -4.79. The zero-order chi connectivity index (χ0) is 32.3. The number of aliphatic hydroxyl groups excluding tert-OH is 1. The largest absolute Gasteiger partial charge is 0.459 e. The Morgan fingerprint density at radius 1 is 0.957 bits per heavy atom. The summed E-state index contributed by atoms with van der Waals surface area (Å²) in [5.41, 5.74) is 6.82. The van der Waals surface area contributed by atoms with Crippen LogP contribution in [0.5, 0.6) is 0 Å². The zero-order valence-electron chi connectivity index (χ0n) is 26.5. The van der Waals surface area contributed by atoms with Gasteiger partial charge in [-0.2, -0.15) is 0 Å². The molecule has 0 radical (unpaired) electrons. The summed E-state index contributed by atoms with van der Waals surface area (Å²) in [6.45, 7) is 2.43. The Morgan fingerprint density at radius 3 is 2.47 bits per heavy atom. The molecule has 8 nitrogen and oxygen atoms in total. The number of allylic oxidation sites excluding steroid dienone is 2. The van der Waals surface area contributed by atoms with Gasteiger partial charge < -0.3 is 19.6 Å². The Labute approximate surface area is 274 Å². The summed E-state index contributed by atoms with van der Waals surface area (Å²) in [7, 11) is 0. The number of benzene rings is 2. The van der Waals surface area contributed by atoms with Gasteiger partial charge in [-0.05, 0) is 104 Å². The molecule has 4 aromatic rings. The van der Waals surface area contributed by atoms with Crippen molar-refractivity contribution in [2.45, 2.75) is 51.7 Å². The number of rotatable bonds is 11. The average molecular weight is 630 g/mol. The number of aromatic nitrogens is 1. The third-order valence-electron chi connectivity index (χ3n) is 9.57. The number of anilines is 3. The zero-order valence-corrected chi connectivity index (χ0v) is 26.5. The van der Waals surface area contributed by atoms with Crippen molar-refractivity contribution in [2.24, 2.45) is 17.8 Å². The van der Waals surface area contributed by atoms with Gasteiger partial charge in [-0.3, -0.25) is 19.5 Å². The number of pyridine rings is 1. The van der Waals surface area contributed by atoms with Crippen LogP contribution in [0.3, 0.4) is 0 Å². The molecule has 240 valence electrons. The predicted octanol–water partition coefficient (Wildman–Crippen LogP) is 7.55. The number of carbonyl (C=O) groups excluding carboxylic acids is 2. The Morgan fingerprint density at radius 2 is 1.74 bits per heavy atom. The molecule has 8 heteroatoms. The molecule has 2 N–H and O–H groups in total. The molecule has 47 heavy (non-hydrogen) atoms. The van der Waals surface area contributed by atoms with Crippen molar-refractivity contribution in [1.29, 1.82) is 0 Å². The molecule has 0 spiro atoms. The second-order valence-corrected chi connectivity index (χ2v) is 12.5. The van der Waals surface area contributed by atoms with Crippen molar-refractivity contribution in [3.63, 3.8) is 0 Å². The molecule has 1 aliphatic carbocycles. The van der Waals surface area contributed by atoms with E-state index in [9.17, 15) is 14.7 Å². The van der Waals surface area contributed by atoms with E-state index in [1.54, 1.807) is 12.3 Å². The van der Waals surface area contributed by atoms with Gasteiger partial charge >= 0.3 is 0 Å². The lowest BCUT2D eigenvalue weighted by atomic mass is 9.68. The van der Waals surface area contributed by atoms with Crippen LogP contribution in [0, 0.1) is 17.8 Å². The molecule has 2 aliphatic heterocycles. The number of ether oxygens (including phenoxy) is 1. The van der Waals surface area contributed by atoms with Gasteiger partial charge in [0.25, 0.3) is 0 Å². The summed E-state index contributed by atoms with van der Waals surface area (Å²) >= 11 is 0. The van der Waals surface area contributed by atoms with E-state index in [0.29, 0.717) is 43.1 Å². The summed E-state index contributed by atoms with van der Waals surface area (Å²) in [6.07, 6.45) is 7.45. The van der Waals surface area contributed by atoms with Crippen molar-refractivity contribution >= 4 is 40.5 Å². The number of nitrogens with zero attached hydrogens (tertiary/aromatic N) is 2. The fourth-order valence-electron chi connectivity index (χ4n) is 7.49. The maximum Gasteiger partial charge on any atom is 0.238 e. The van der Waals surface area contributed by atoms with Gasteiger partial charge in [0.15, 0.2) is 0 Å². The van der Waals surface area contributed by atoms with Gasteiger partial charge in [-0.15, -0.1) is 0 Å². The summed E-state index contributed by atoms with van der Waals surface area (Å²) in [5, 5.41) is 12.8. The quantitative estimate of drug-likeness (QED) is 0.130. The van der Waals surface area contributed by atoms with E-state index in [-0.39, 0.29) is 36.4 Å². The third kappa shape index (κ3) is 6.19. The van der Waals surface area contributed by atoms with Gasteiger partial charge in [-0.1, -0.05) is 43.2 Å². The van der Waals surface area contributed by atoms with E-state index in [4.69, 9.17) is 9.15 Å². The molecule has 3 aliphatic rings. The van der Waals surface area contributed by atoms with Crippen molar-refractivity contribution in [3.05, 3.63) is 119 Å². The van der Waals surface area contributed by atoms with Crippen LogP contribution in [-0.2, 0) is 20.9 Å². The molecular formula is C39H39N3O5. The van der Waals surface area contributed by atoms with Crippen molar-refractivity contribution in [1.82, 2.24) is 4.98 Å². The van der Waals surface area contributed by atoms with Crippen LogP contribution in [0.1, 0.15) is 56.2 Å². The number of hydrogen-bond donors (Lipinski definition) is 2. The summed E-state index contributed by atoms with van der Waals surface area (Å²) in [6, 6.07) is 26.9. The first-order valence-electron chi connectivity index (χ1n) is 16.5. The lowest BCUT2D eigenvalue weighted by molar-refractivity contribution is -0.122. The summed E-state index contributed by atoms with van der Waals surface area (Å²) in [4.78, 5) is 34.0. The van der Waals surface area contributed by atoms with Crippen molar-refractivity contribution in [3.8, 4) is 0 Å². The van der Waals surface area contributed by atoms with Crippen molar-refractivity contribution in [2.75, 3.05) is 16.8 Å². The number of carbonyl (C=O) groups is 2. The third-order valence-corrected chi connectivity index (χ3v) is 9.57. The maximum atomic E-state index is 14.1. The lowest BCUT2D eigenvalue weighted by Crippen LogP contribution is -2.34. The molecule has 2 saturated heterocycles. The number of imide groups is 1. The summed E-state index contributed by atoms with van der Waals surface area (Å²) in [5.74, 6) is 0.0282. The highest BCUT2D eigenvalue weighted by Gasteiger charge is 2.57. The summed E-state index contributed by atoms with van der Waals surface area (Å²) < 4.78 is 12.3. The molecule has 0 saturated carbocycles. The minimum atomic E-state index is -0.420. The first-order valence-corrected chi connectivity index (χ1v) is 16.5. The van der Waals surface area contributed by atoms with Crippen LogP contribution in [0.25, 0.3) is 11.6 Å². The van der Waals surface area contributed by atoms with Crippen LogP contribution in [0.15, 0.2) is 107 Å². The van der Waals surface area contributed by atoms with Crippen LogP contribution in [-0.4, -0.2) is 34.6 Å². The Kier molecular flexibility index (Phi) is 8.87. The minimum absolute atomic E-state index is 0.110. The number of amides is 2. The number of aliphatic hydroxyl groups is 1.